The zero-order valence-electron chi connectivity index (χ0n) is 9.79. The Morgan fingerprint density at radius 1 is 1.21 bits per heavy atom. The van der Waals surface area contributed by atoms with Gasteiger partial charge >= 0.3 is 0 Å². The molecule has 0 atom stereocenters. The average Bonchev–Trinajstić information content (AvgIpc) is 2.39. The fourth-order valence-corrected chi connectivity index (χ4v) is 1.49. The SMILES string of the molecule is Nc1ccc(/N=C/c2ccc(F)cc2)c([N+](=O)[O-])c1. The molecule has 0 fully saturated rings. The van der Waals surface area contributed by atoms with E-state index in [1.165, 1.54) is 48.7 Å². The monoisotopic (exact) mass is 259 g/mol. The quantitative estimate of drug-likeness (QED) is 0.398. The summed E-state index contributed by atoms with van der Waals surface area (Å²) in [5.74, 6) is -0.351. The van der Waals surface area contributed by atoms with E-state index in [0.29, 0.717) is 11.3 Å². The van der Waals surface area contributed by atoms with Crippen LogP contribution in [0.1, 0.15) is 5.56 Å². The lowest BCUT2D eigenvalue weighted by Gasteiger charge is -1.99. The lowest BCUT2D eigenvalue weighted by atomic mass is 10.2. The highest BCUT2D eigenvalue weighted by atomic mass is 19.1. The second-order valence-corrected chi connectivity index (χ2v) is 3.82. The Labute approximate surface area is 108 Å². The minimum absolute atomic E-state index is 0.168. The molecule has 0 aliphatic carbocycles. The first-order chi connectivity index (χ1) is 9.06. The highest BCUT2D eigenvalue weighted by Gasteiger charge is 2.12. The number of rotatable bonds is 3. The summed E-state index contributed by atoms with van der Waals surface area (Å²) in [6, 6.07) is 9.89. The molecule has 19 heavy (non-hydrogen) atoms. The van der Waals surface area contributed by atoms with Crippen molar-refractivity contribution >= 4 is 23.3 Å². The Hall–Kier alpha value is -2.76. The third-order valence-corrected chi connectivity index (χ3v) is 2.42. The minimum Gasteiger partial charge on any atom is -0.399 e. The normalized spacial score (nSPS) is 10.8. The van der Waals surface area contributed by atoms with Crippen LogP contribution in [-0.2, 0) is 0 Å². The van der Waals surface area contributed by atoms with Crippen LogP contribution in [0.15, 0.2) is 47.5 Å². The van der Waals surface area contributed by atoms with Gasteiger partial charge in [0.15, 0.2) is 0 Å². The van der Waals surface area contributed by atoms with Crippen LogP contribution in [0.3, 0.4) is 0 Å². The van der Waals surface area contributed by atoms with Gasteiger partial charge in [-0.1, -0.05) is 12.1 Å². The van der Waals surface area contributed by atoms with Crippen molar-refractivity contribution in [1.29, 1.82) is 0 Å². The van der Waals surface area contributed by atoms with Crippen LogP contribution in [0, 0.1) is 15.9 Å². The summed E-state index contributed by atoms with van der Waals surface area (Å²) in [5.41, 5.74) is 6.47. The van der Waals surface area contributed by atoms with Crippen molar-refractivity contribution in [2.75, 3.05) is 5.73 Å². The molecule has 0 radical (unpaired) electrons. The van der Waals surface area contributed by atoms with E-state index >= 15 is 0 Å². The van der Waals surface area contributed by atoms with Gasteiger partial charge in [0.05, 0.1) is 4.92 Å². The molecule has 2 rings (SSSR count). The van der Waals surface area contributed by atoms with E-state index in [1.54, 1.807) is 0 Å². The topological polar surface area (TPSA) is 81.5 Å². The van der Waals surface area contributed by atoms with Crippen LogP contribution in [0.2, 0.25) is 0 Å². The third kappa shape index (κ3) is 3.12. The van der Waals surface area contributed by atoms with Crippen molar-refractivity contribution < 1.29 is 9.31 Å². The van der Waals surface area contributed by atoms with Gasteiger partial charge in [0.25, 0.3) is 5.69 Å². The van der Waals surface area contributed by atoms with Gasteiger partial charge in [-0.2, -0.15) is 0 Å². The average molecular weight is 259 g/mol. The van der Waals surface area contributed by atoms with E-state index in [1.807, 2.05) is 0 Å². The van der Waals surface area contributed by atoms with Gasteiger partial charge in [-0.05, 0) is 29.8 Å². The summed E-state index contributed by atoms with van der Waals surface area (Å²) in [7, 11) is 0. The summed E-state index contributed by atoms with van der Waals surface area (Å²) in [5, 5.41) is 10.9. The van der Waals surface area contributed by atoms with Gasteiger partial charge in [0.2, 0.25) is 0 Å². The Morgan fingerprint density at radius 3 is 2.53 bits per heavy atom. The number of nitro benzene ring substituents is 1. The van der Waals surface area contributed by atoms with Gasteiger partial charge in [-0.3, -0.25) is 10.1 Å². The Kier molecular flexibility index (Phi) is 3.51. The number of hydrogen-bond acceptors (Lipinski definition) is 4. The van der Waals surface area contributed by atoms with Crippen molar-refractivity contribution in [3.8, 4) is 0 Å². The summed E-state index contributed by atoms with van der Waals surface area (Å²) >= 11 is 0. The van der Waals surface area contributed by atoms with Crippen LogP contribution < -0.4 is 5.73 Å². The summed E-state index contributed by atoms with van der Waals surface area (Å²) in [6.07, 6.45) is 1.43. The van der Waals surface area contributed by atoms with Crippen molar-refractivity contribution in [3.63, 3.8) is 0 Å². The van der Waals surface area contributed by atoms with E-state index in [0.717, 1.165) is 0 Å². The molecule has 2 aromatic carbocycles. The number of benzene rings is 2. The maximum absolute atomic E-state index is 12.7. The maximum atomic E-state index is 12.7. The second-order valence-electron chi connectivity index (χ2n) is 3.82. The van der Waals surface area contributed by atoms with Gasteiger partial charge < -0.3 is 5.73 Å². The van der Waals surface area contributed by atoms with Crippen LogP contribution in [-0.4, -0.2) is 11.1 Å². The molecule has 5 nitrogen and oxygen atoms in total. The predicted molar refractivity (Wildman–Crippen MR) is 71.2 cm³/mol. The van der Waals surface area contributed by atoms with Crippen molar-refractivity contribution in [2.24, 2.45) is 4.99 Å². The largest absolute Gasteiger partial charge is 0.399 e. The molecule has 0 saturated heterocycles. The van der Waals surface area contributed by atoms with Gasteiger partial charge in [-0.15, -0.1) is 0 Å². The first-order valence-corrected chi connectivity index (χ1v) is 5.40. The summed E-state index contributed by atoms with van der Waals surface area (Å²) in [4.78, 5) is 14.3. The first kappa shape index (κ1) is 12.7. The highest BCUT2D eigenvalue weighted by molar-refractivity contribution is 5.83. The number of aliphatic imine (C=N–C) groups is 1. The van der Waals surface area contributed by atoms with Crippen molar-refractivity contribution in [3.05, 3.63) is 64.0 Å². The molecule has 0 heterocycles. The number of nitro groups is 1. The molecule has 0 aliphatic heterocycles. The molecule has 0 saturated carbocycles. The summed E-state index contributed by atoms with van der Waals surface area (Å²) in [6.45, 7) is 0. The number of nitrogens with zero attached hydrogens (tertiary/aromatic N) is 2. The molecular weight excluding hydrogens is 249 g/mol. The van der Waals surface area contributed by atoms with Crippen molar-refractivity contribution in [1.82, 2.24) is 0 Å². The molecule has 0 unspecified atom stereocenters. The van der Waals surface area contributed by atoms with Crippen LogP contribution in [0.4, 0.5) is 21.5 Å². The second kappa shape index (κ2) is 5.26. The number of anilines is 1. The number of nitrogen functional groups attached to an aromatic ring is 1. The van der Waals surface area contributed by atoms with Gasteiger partial charge in [0, 0.05) is 18.0 Å². The fraction of sp³-hybridized carbons (Fsp3) is 0. The van der Waals surface area contributed by atoms with Gasteiger partial charge in [0.1, 0.15) is 11.5 Å². The predicted octanol–water partition coefficient (Wildman–Crippen LogP) is 3.07. The molecule has 0 amide bonds. The lowest BCUT2D eigenvalue weighted by Crippen LogP contribution is -1.92. The molecule has 96 valence electrons. The van der Waals surface area contributed by atoms with Crippen LogP contribution in [0.5, 0.6) is 0 Å². The minimum atomic E-state index is -0.548. The third-order valence-electron chi connectivity index (χ3n) is 2.42. The van der Waals surface area contributed by atoms with Crippen LogP contribution >= 0.6 is 0 Å². The highest BCUT2D eigenvalue weighted by Crippen LogP contribution is 2.29. The van der Waals surface area contributed by atoms with Crippen LogP contribution in [0.25, 0.3) is 0 Å². The molecule has 0 aliphatic rings. The number of hydrogen-bond donors (Lipinski definition) is 1. The first-order valence-electron chi connectivity index (χ1n) is 5.40. The molecule has 0 spiro atoms. The summed E-state index contributed by atoms with van der Waals surface area (Å²) < 4.78 is 12.7. The molecule has 0 aromatic heterocycles. The zero-order valence-corrected chi connectivity index (χ0v) is 9.79. The maximum Gasteiger partial charge on any atom is 0.296 e. The molecule has 2 aromatic rings. The van der Waals surface area contributed by atoms with E-state index in [4.69, 9.17) is 5.73 Å². The van der Waals surface area contributed by atoms with Crippen molar-refractivity contribution in [2.45, 2.75) is 0 Å². The van der Waals surface area contributed by atoms with E-state index in [2.05, 4.69) is 4.99 Å². The van der Waals surface area contributed by atoms with E-state index in [-0.39, 0.29) is 17.2 Å². The molecule has 2 N–H and O–H groups in total. The zero-order chi connectivity index (χ0) is 13.8. The standard InChI is InChI=1S/C13H10FN3O2/c14-10-3-1-9(2-4-10)8-16-12-6-5-11(15)7-13(12)17(18)19/h1-8H,15H2/b16-8+. The lowest BCUT2D eigenvalue weighted by molar-refractivity contribution is -0.384. The fourth-order valence-electron chi connectivity index (χ4n) is 1.49. The van der Waals surface area contributed by atoms with Gasteiger partial charge in [-0.25, -0.2) is 9.38 Å². The molecule has 0 bridgehead atoms. The Balaban J connectivity index is 2.32. The Bertz CT molecular complexity index is 639. The smallest absolute Gasteiger partial charge is 0.296 e. The van der Waals surface area contributed by atoms with E-state index in [9.17, 15) is 14.5 Å². The molecule has 6 heteroatoms. The Morgan fingerprint density at radius 2 is 1.89 bits per heavy atom. The number of halogens is 1. The van der Waals surface area contributed by atoms with E-state index < -0.39 is 4.92 Å². The number of nitrogens with two attached hydrogens (primary N) is 1. The molecular formula is C13H10FN3O2.